The number of nitrogens with one attached hydrogen (secondary N) is 2. The Morgan fingerprint density at radius 2 is 1.83 bits per heavy atom. The summed E-state index contributed by atoms with van der Waals surface area (Å²) in [4.78, 5) is 20.3. The minimum absolute atomic E-state index is 0.199. The van der Waals surface area contributed by atoms with E-state index in [0.29, 0.717) is 11.3 Å². The fourth-order valence-corrected chi connectivity index (χ4v) is 2.25. The van der Waals surface area contributed by atoms with Gasteiger partial charge in [0.05, 0.1) is 17.4 Å². The van der Waals surface area contributed by atoms with Crippen LogP contribution < -0.4 is 10.6 Å². The second kappa shape index (κ2) is 7.87. The molecular formula is C19H18N4O. The lowest BCUT2D eigenvalue weighted by Gasteiger charge is -2.08. The molecule has 0 aliphatic carbocycles. The van der Waals surface area contributed by atoms with E-state index < -0.39 is 0 Å². The van der Waals surface area contributed by atoms with E-state index in [1.165, 1.54) is 11.8 Å². The molecule has 0 saturated heterocycles. The Morgan fingerprint density at radius 3 is 2.54 bits per heavy atom. The fraction of sp³-hybridized carbons (Fsp3) is 0.105. The van der Waals surface area contributed by atoms with Gasteiger partial charge in [-0.15, -0.1) is 0 Å². The van der Waals surface area contributed by atoms with Gasteiger partial charge >= 0.3 is 0 Å². The first-order valence-corrected chi connectivity index (χ1v) is 7.76. The summed E-state index contributed by atoms with van der Waals surface area (Å²) in [6.07, 6.45) is 5.73. The smallest absolute Gasteiger partial charge is 0.257 e. The van der Waals surface area contributed by atoms with Gasteiger partial charge in [0.1, 0.15) is 5.82 Å². The highest BCUT2D eigenvalue weighted by Gasteiger charge is 2.05. The minimum Gasteiger partial charge on any atom is -0.370 e. The van der Waals surface area contributed by atoms with Crippen LogP contribution in [0.15, 0.2) is 73.2 Å². The van der Waals surface area contributed by atoms with Crippen LogP contribution in [0.1, 0.15) is 15.9 Å². The van der Waals surface area contributed by atoms with Crippen molar-refractivity contribution in [1.82, 2.24) is 9.97 Å². The molecule has 0 bridgehead atoms. The first-order chi connectivity index (χ1) is 11.8. The van der Waals surface area contributed by atoms with E-state index in [0.717, 1.165) is 18.8 Å². The van der Waals surface area contributed by atoms with Gasteiger partial charge in [0.2, 0.25) is 0 Å². The van der Waals surface area contributed by atoms with Crippen molar-refractivity contribution < 1.29 is 4.79 Å². The molecule has 3 aromatic rings. The standard InChI is InChI=1S/C19H18N4O/c24-19(16-7-4-11-20-13-16)23-17-8-9-18(22-14-17)21-12-10-15-5-2-1-3-6-15/h1-9,11,13-14H,10,12H2,(H,21,22)(H,23,24). The molecule has 24 heavy (non-hydrogen) atoms. The van der Waals surface area contributed by atoms with Crippen molar-refractivity contribution in [2.45, 2.75) is 6.42 Å². The number of carbonyl (C=O) groups is 1. The first kappa shape index (κ1) is 15.7. The lowest BCUT2D eigenvalue weighted by molar-refractivity contribution is 0.102. The number of nitrogens with zero attached hydrogens (tertiary/aromatic N) is 2. The molecule has 1 amide bonds. The molecule has 120 valence electrons. The van der Waals surface area contributed by atoms with Crippen LogP contribution in [-0.2, 0) is 6.42 Å². The zero-order valence-electron chi connectivity index (χ0n) is 13.1. The highest BCUT2D eigenvalue weighted by Crippen LogP contribution is 2.11. The molecule has 0 spiro atoms. The molecule has 2 N–H and O–H groups in total. The van der Waals surface area contributed by atoms with Gasteiger partial charge in [-0.2, -0.15) is 0 Å². The topological polar surface area (TPSA) is 66.9 Å². The molecule has 0 unspecified atom stereocenters. The van der Waals surface area contributed by atoms with Crippen molar-refractivity contribution in [2.75, 3.05) is 17.2 Å². The van der Waals surface area contributed by atoms with Gasteiger partial charge in [0.25, 0.3) is 5.91 Å². The van der Waals surface area contributed by atoms with E-state index >= 15 is 0 Å². The van der Waals surface area contributed by atoms with Gasteiger partial charge in [0, 0.05) is 18.9 Å². The SMILES string of the molecule is O=C(Nc1ccc(NCCc2ccccc2)nc1)c1cccnc1. The third-order valence-corrected chi connectivity index (χ3v) is 3.51. The van der Waals surface area contributed by atoms with Gasteiger partial charge in [0.15, 0.2) is 0 Å². The number of benzene rings is 1. The van der Waals surface area contributed by atoms with E-state index in [2.05, 4.69) is 32.7 Å². The van der Waals surface area contributed by atoms with Crippen molar-refractivity contribution in [2.24, 2.45) is 0 Å². The van der Waals surface area contributed by atoms with Crippen LogP contribution in [0.5, 0.6) is 0 Å². The summed E-state index contributed by atoms with van der Waals surface area (Å²) in [6.45, 7) is 0.804. The highest BCUT2D eigenvalue weighted by atomic mass is 16.1. The first-order valence-electron chi connectivity index (χ1n) is 7.76. The molecule has 0 fully saturated rings. The van der Waals surface area contributed by atoms with E-state index in [1.54, 1.807) is 24.5 Å². The van der Waals surface area contributed by atoms with E-state index in [9.17, 15) is 4.79 Å². The molecule has 1 aromatic carbocycles. The Labute approximate surface area is 140 Å². The molecule has 5 heteroatoms. The lowest BCUT2D eigenvalue weighted by atomic mass is 10.1. The molecule has 2 aromatic heterocycles. The number of aromatic nitrogens is 2. The summed E-state index contributed by atoms with van der Waals surface area (Å²) >= 11 is 0. The number of hydrogen-bond donors (Lipinski definition) is 2. The fourth-order valence-electron chi connectivity index (χ4n) is 2.25. The Hall–Kier alpha value is -3.21. The summed E-state index contributed by atoms with van der Waals surface area (Å²) in [5.41, 5.74) is 2.45. The molecule has 5 nitrogen and oxygen atoms in total. The van der Waals surface area contributed by atoms with Crippen molar-refractivity contribution in [3.63, 3.8) is 0 Å². The Kier molecular flexibility index (Phi) is 5.14. The average molecular weight is 318 g/mol. The largest absolute Gasteiger partial charge is 0.370 e. The predicted octanol–water partition coefficient (Wildman–Crippen LogP) is 3.38. The maximum atomic E-state index is 12.0. The normalized spacial score (nSPS) is 10.2. The number of pyridine rings is 2. The van der Waals surface area contributed by atoms with Crippen molar-refractivity contribution >= 4 is 17.4 Å². The number of hydrogen-bond acceptors (Lipinski definition) is 4. The van der Waals surface area contributed by atoms with Gasteiger partial charge in [-0.1, -0.05) is 30.3 Å². The van der Waals surface area contributed by atoms with Crippen LogP contribution in [0.3, 0.4) is 0 Å². The van der Waals surface area contributed by atoms with Crippen molar-refractivity contribution in [3.05, 3.63) is 84.3 Å². The Bertz CT molecular complexity index is 773. The quantitative estimate of drug-likeness (QED) is 0.731. The van der Waals surface area contributed by atoms with Crippen molar-refractivity contribution in [1.29, 1.82) is 0 Å². The molecular weight excluding hydrogens is 300 g/mol. The van der Waals surface area contributed by atoms with Gasteiger partial charge in [-0.3, -0.25) is 9.78 Å². The van der Waals surface area contributed by atoms with Crippen LogP contribution in [0.4, 0.5) is 11.5 Å². The summed E-state index contributed by atoms with van der Waals surface area (Å²) in [5.74, 6) is 0.583. The Morgan fingerprint density at radius 1 is 0.958 bits per heavy atom. The van der Waals surface area contributed by atoms with Gasteiger partial charge < -0.3 is 10.6 Å². The number of rotatable bonds is 6. The van der Waals surface area contributed by atoms with E-state index in [4.69, 9.17) is 0 Å². The number of carbonyl (C=O) groups excluding carboxylic acids is 1. The predicted molar refractivity (Wildman–Crippen MR) is 95.1 cm³/mol. The van der Waals surface area contributed by atoms with Crippen LogP contribution in [-0.4, -0.2) is 22.4 Å². The van der Waals surface area contributed by atoms with E-state index in [-0.39, 0.29) is 5.91 Å². The zero-order valence-corrected chi connectivity index (χ0v) is 13.1. The lowest BCUT2D eigenvalue weighted by Crippen LogP contribution is -2.12. The molecule has 0 radical (unpaired) electrons. The summed E-state index contributed by atoms with van der Waals surface area (Å²) < 4.78 is 0. The number of anilines is 2. The Balaban J connectivity index is 1.51. The van der Waals surface area contributed by atoms with Crippen molar-refractivity contribution in [3.8, 4) is 0 Å². The van der Waals surface area contributed by atoms with E-state index in [1.807, 2.05) is 30.3 Å². The second-order valence-corrected chi connectivity index (χ2v) is 5.29. The monoisotopic (exact) mass is 318 g/mol. The molecule has 0 saturated carbocycles. The van der Waals surface area contributed by atoms with Crippen LogP contribution >= 0.6 is 0 Å². The third-order valence-electron chi connectivity index (χ3n) is 3.51. The second-order valence-electron chi connectivity index (χ2n) is 5.29. The molecule has 0 aliphatic rings. The summed E-state index contributed by atoms with van der Waals surface area (Å²) in [5, 5.41) is 6.07. The molecule has 2 heterocycles. The van der Waals surface area contributed by atoms with Crippen LogP contribution in [0.25, 0.3) is 0 Å². The zero-order chi connectivity index (χ0) is 16.6. The molecule has 0 atom stereocenters. The molecule has 3 rings (SSSR count). The maximum absolute atomic E-state index is 12.0. The van der Waals surface area contributed by atoms with Crippen LogP contribution in [0.2, 0.25) is 0 Å². The summed E-state index contributed by atoms with van der Waals surface area (Å²) in [7, 11) is 0. The highest BCUT2D eigenvalue weighted by molar-refractivity contribution is 6.03. The third kappa shape index (κ3) is 4.39. The maximum Gasteiger partial charge on any atom is 0.257 e. The minimum atomic E-state index is -0.199. The van der Waals surface area contributed by atoms with Gasteiger partial charge in [-0.25, -0.2) is 4.98 Å². The molecule has 0 aliphatic heterocycles. The van der Waals surface area contributed by atoms with Gasteiger partial charge in [-0.05, 0) is 36.2 Å². The van der Waals surface area contributed by atoms with Crippen LogP contribution in [0, 0.1) is 0 Å². The number of amides is 1. The summed E-state index contributed by atoms with van der Waals surface area (Å²) in [6, 6.07) is 17.4. The average Bonchev–Trinajstić information content (AvgIpc) is 2.65.